The number of aromatic nitrogens is 2. The van der Waals surface area contributed by atoms with Crippen molar-refractivity contribution in [3.63, 3.8) is 0 Å². The molecule has 0 amide bonds. The van der Waals surface area contributed by atoms with Gasteiger partial charge in [0.05, 0.1) is 27.9 Å². The van der Waals surface area contributed by atoms with E-state index in [4.69, 9.17) is 4.52 Å². The average Bonchev–Trinajstić information content (AvgIpc) is 2.98. The summed E-state index contributed by atoms with van der Waals surface area (Å²) in [7, 11) is 0. The molecule has 134 valence electrons. The molecule has 0 spiro atoms. The zero-order valence-corrected chi connectivity index (χ0v) is 14.9. The number of aryl methyl sites for hydroxylation is 2. The Morgan fingerprint density at radius 1 is 1.19 bits per heavy atom. The van der Waals surface area contributed by atoms with Gasteiger partial charge in [0.25, 0.3) is 0 Å². The molecule has 1 N–H and O–H groups in total. The molecular weight excluding hydrogens is 332 g/mol. The van der Waals surface area contributed by atoms with Gasteiger partial charge in [-0.1, -0.05) is 42.4 Å². The molecule has 26 heavy (non-hydrogen) atoms. The van der Waals surface area contributed by atoms with Gasteiger partial charge in [0.15, 0.2) is 0 Å². The molecule has 0 saturated carbocycles. The van der Waals surface area contributed by atoms with Gasteiger partial charge in [0.2, 0.25) is 5.82 Å². The first kappa shape index (κ1) is 17.6. The second kappa shape index (κ2) is 7.35. The molecule has 3 rings (SSSR count). The Kier molecular flexibility index (Phi) is 4.97. The lowest BCUT2D eigenvalue weighted by molar-refractivity contribution is -0.384. The van der Waals surface area contributed by atoms with Gasteiger partial charge in [-0.2, -0.15) is 0 Å². The van der Waals surface area contributed by atoms with Crippen LogP contribution in [0.2, 0.25) is 0 Å². The third kappa shape index (κ3) is 3.42. The van der Waals surface area contributed by atoms with Crippen molar-refractivity contribution in [3.8, 4) is 11.3 Å². The van der Waals surface area contributed by atoms with E-state index in [1.54, 1.807) is 13.0 Å². The third-order valence-corrected chi connectivity index (χ3v) is 4.28. The largest absolute Gasteiger partial charge is 0.361 e. The number of hydrogen-bond donors (Lipinski definition) is 1. The summed E-state index contributed by atoms with van der Waals surface area (Å²) in [6.45, 7) is 5.64. The average molecular weight is 352 g/mol. The summed E-state index contributed by atoms with van der Waals surface area (Å²) in [6.07, 6.45) is 0.762. The van der Waals surface area contributed by atoms with Crippen LogP contribution in [-0.2, 0) is 0 Å². The first-order valence-electron chi connectivity index (χ1n) is 8.41. The standard InChI is InChI=1S/C19H20N4O3/c1-4-15(14-8-6-5-7-9-14)20-19-17(23(24)25)11-10-16(21-19)18-12(2)22-26-13(18)3/h5-11,15H,4H2,1-3H3,(H,20,21)/t15-/m0/s1. The van der Waals surface area contributed by atoms with Crippen molar-refractivity contribution in [3.05, 3.63) is 69.6 Å². The first-order chi connectivity index (χ1) is 12.5. The lowest BCUT2D eigenvalue weighted by Crippen LogP contribution is -2.12. The van der Waals surface area contributed by atoms with Gasteiger partial charge >= 0.3 is 5.69 Å². The highest BCUT2D eigenvalue weighted by Crippen LogP contribution is 2.33. The maximum Gasteiger partial charge on any atom is 0.311 e. The van der Waals surface area contributed by atoms with E-state index in [1.807, 2.05) is 44.2 Å². The number of nitro groups is 1. The van der Waals surface area contributed by atoms with Gasteiger partial charge in [-0.3, -0.25) is 10.1 Å². The van der Waals surface area contributed by atoms with Gasteiger partial charge in [0.1, 0.15) is 5.76 Å². The molecule has 3 aromatic rings. The first-order valence-corrected chi connectivity index (χ1v) is 8.41. The number of rotatable bonds is 6. The number of benzene rings is 1. The summed E-state index contributed by atoms with van der Waals surface area (Å²) in [5, 5.41) is 18.6. The van der Waals surface area contributed by atoms with Crippen molar-refractivity contribution in [2.75, 3.05) is 5.32 Å². The van der Waals surface area contributed by atoms with Crippen molar-refractivity contribution in [2.24, 2.45) is 0 Å². The number of nitrogens with zero attached hydrogens (tertiary/aromatic N) is 3. The van der Waals surface area contributed by atoms with Crippen LogP contribution >= 0.6 is 0 Å². The Morgan fingerprint density at radius 2 is 1.92 bits per heavy atom. The summed E-state index contributed by atoms with van der Waals surface area (Å²) >= 11 is 0. The number of nitrogens with one attached hydrogen (secondary N) is 1. The molecule has 1 atom stereocenters. The monoisotopic (exact) mass is 352 g/mol. The highest BCUT2D eigenvalue weighted by molar-refractivity contribution is 5.69. The van der Waals surface area contributed by atoms with Gasteiger partial charge < -0.3 is 9.84 Å². The van der Waals surface area contributed by atoms with Crippen molar-refractivity contribution >= 4 is 11.5 Å². The van der Waals surface area contributed by atoms with Crippen LogP contribution in [0.15, 0.2) is 47.0 Å². The molecule has 7 nitrogen and oxygen atoms in total. The molecule has 0 fully saturated rings. The van der Waals surface area contributed by atoms with Gasteiger partial charge in [-0.15, -0.1) is 0 Å². The highest BCUT2D eigenvalue weighted by atomic mass is 16.6. The van der Waals surface area contributed by atoms with E-state index in [0.717, 1.165) is 17.5 Å². The minimum atomic E-state index is -0.426. The van der Waals surface area contributed by atoms with E-state index in [2.05, 4.69) is 15.5 Å². The topological polar surface area (TPSA) is 94.1 Å². The van der Waals surface area contributed by atoms with Gasteiger partial charge in [0, 0.05) is 6.07 Å². The summed E-state index contributed by atoms with van der Waals surface area (Å²) in [5.41, 5.74) is 3.04. The van der Waals surface area contributed by atoms with E-state index in [9.17, 15) is 10.1 Å². The van der Waals surface area contributed by atoms with Crippen LogP contribution in [0.25, 0.3) is 11.3 Å². The van der Waals surface area contributed by atoms with Crippen LogP contribution in [0, 0.1) is 24.0 Å². The Labute approximate surface area is 151 Å². The van der Waals surface area contributed by atoms with Crippen LogP contribution < -0.4 is 5.32 Å². The Balaban J connectivity index is 2.04. The molecule has 2 heterocycles. The van der Waals surface area contributed by atoms with Crippen LogP contribution in [0.5, 0.6) is 0 Å². The second-order valence-corrected chi connectivity index (χ2v) is 6.04. The molecule has 0 bridgehead atoms. The maximum atomic E-state index is 11.5. The minimum absolute atomic E-state index is 0.0603. The molecule has 2 aromatic heterocycles. The molecule has 7 heteroatoms. The third-order valence-electron chi connectivity index (χ3n) is 4.28. The van der Waals surface area contributed by atoms with Crippen LogP contribution in [0.1, 0.15) is 36.4 Å². The van der Waals surface area contributed by atoms with Crippen molar-refractivity contribution < 1.29 is 9.45 Å². The SMILES string of the molecule is CC[C@H](Nc1nc(-c2c(C)noc2C)ccc1[N+](=O)[O-])c1ccccc1. The molecule has 1 aromatic carbocycles. The van der Waals surface area contributed by atoms with Crippen LogP contribution in [0.3, 0.4) is 0 Å². The van der Waals surface area contributed by atoms with Crippen molar-refractivity contribution in [1.29, 1.82) is 0 Å². The Morgan fingerprint density at radius 3 is 2.50 bits per heavy atom. The summed E-state index contributed by atoms with van der Waals surface area (Å²) in [4.78, 5) is 15.5. The van der Waals surface area contributed by atoms with E-state index in [0.29, 0.717) is 17.1 Å². The van der Waals surface area contributed by atoms with Gasteiger partial charge in [-0.25, -0.2) is 4.98 Å². The molecule has 0 unspecified atom stereocenters. The maximum absolute atomic E-state index is 11.5. The van der Waals surface area contributed by atoms with E-state index in [1.165, 1.54) is 6.07 Å². The summed E-state index contributed by atoms with van der Waals surface area (Å²) < 4.78 is 5.19. The molecule has 0 aliphatic carbocycles. The van der Waals surface area contributed by atoms with Crippen molar-refractivity contribution in [2.45, 2.75) is 33.2 Å². The van der Waals surface area contributed by atoms with Crippen LogP contribution in [-0.4, -0.2) is 15.1 Å². The fourth-order valence-corrected chi connectivity index (χ4v) is 2.96. The second-order valence-electron chi connectivity index (χ2n) is 6.04. The fraction of sp³-hybridized carbons (Fsp3) is 0.263. The zero-order valence-electron chi connectivity index (χ0n) is 14.9. The van der Waals surface area contributed by atoms with E-state index in [-0.39, 0.29) is 17.5 Å². The quantitative estimate of drug-likeness (QED) is 0.504. The van der Waals surface area contributed by atoms with Crippen molar-refractivity contribution in [1.82, 2.24) is 10.1 Å². The van der Waals surface area contributed by atoms with E-state index < -0.39 is 4.92 Å². The normalized spacial score (nSPS) is 12.0. The van der Waals surface area contributed by atoms with Gasteiger partial charge in [-0.05, 0) is 31.9 Å². The zero-order chi connectivity index (χ0) is 18.7. The Bertz CT molecular complexity index is 902. The molecular formula is C19H20N4O3. The summed E-state index contributed by atoms with van der Waals surface area (Å²) in [6, 6.07) is 12.8. The predicted octanol–water partition coefficient (Wildman–Crippen LogP) is 4.82. The highest BCUT2D eigenvalue weighted by Gasteiger charge is 2.22. The predicted molar refractivity (Wildman–Crippen MR) is 99.0 cm³/mol. The Hall–Kier alpha value is -3.22. The number of pyridine rings is 1. The molecule has 0 aliphatic rings. The summed E-state index contributed by atoms with van der Waals surface area (Å²) in [5.74, 6) is 0.869. The minimum Gasteiger partial charge on any atom is -0.361 e. The number of anilines is 1. The van der Waals surface area contributed by atoms with E-state index >= 15 is 0 Å². The smallest absolute Gasteiger partial charge is 0.311 e. The van der Waals surface area contributed by atoms with Crippen LogP contribution in [0.4, 0.5) is 11.5 Å². The lowest BCUT2D eigenvalue weighted by Gasteiger charge is -2.18. The molecule has 0 radical (unpaired) electrons. The lowest BCUT2D eigenvalue weighted by atomic mass is 10.0. The molecule has 0 aliphatic heterocycles. The molecule has 0 saturated heterocycles. The number of hydrogen-bond acceptors (Lipinski definition) is 6. The fourth-order valence-electron chi connectivity index (χ4n) is 2.96.